The zero-order valence-electron chi connectivity index (χ0n) is 17.8. The number of sulfonamides is 1. The molecule has 0 unspecified atom stereocenters. The van der Waals surface area contributed by atoms with Gasteiger partial charge >= 0.3 is 5.97 Å². The van der Waals surface area contributed by atoms with Crippen LogP contribution in [0, 0.1) is 5.92 Å². The second-order valence-electron chi connectivity index (χ2n) is 8.09. The Labute approximate surface area is 191 Å². The van der Waals surface area contributed by atoms with Gasteiger partial charge in [-0.25, -0.2) is 13.2 Å². The highest BCUT2D eigenvalue weighted by Crippen LogP contribution is 2.27. The number of esters is 1. The number of hydrogen-bond donors (Lipinski definition) is 1. The van der Waals surface area contributed by atoms with Gasteiger partial charge in [0, 0.05) is 23.6 Å². The number of carbonyl (C=O) groups excluding carboxylic acids is 2. The number of hydrogen-bond acceptors (Lipinski definition) is 6. The highest BCUT2D eigenvalue weighted by molar-refractivity contribution is 9.10. The van der Waals surface area contributed by atoms with Crippen molar-refractivity contribution in [3.8, 4) is 0 Å². The van der Waals surface area contributed by atoms with E-state index in [4.69, 9.17) is 9.47 Å². The number of nitrogens with zero attached hydrogens (tertiary/aromatic N) is 1. The molecule has 0 bridgehead atoms. The molecular formula is C21H29BrN2O6S. The molecule has 1 aliphatic heterocycles. The van der Waals surface area contributed by atoms with Crippen LogP contribution < -0.4 is 5.32 Å². The summed E-state index contributed by atoms with van der Waals surface area (Å²) >= 11 is 3.26. The molecule has 10 heteroatoms. The van der Waals surface area contributed by atoms with Gasteiger partial charge in [0.25, 0.3) is 5.91 Å². The standard InChI is InChI=1S/C21H29BrN2O6S/c1-14-5-3-4-6-18(14)23-20(25)15(2)30-21(26)16-7-8-17(22)19(13-16)31(27,28)24-9-11-29-12-10-24/h7-8,13-15,18H,3-6,9-12H2,1-2H3,(H,23,25)/t14-,15-,18+/m0/s1. The number of halogens is 1. The molecule has 2 fully saturated rings. The maximum absolute atomic E-state index is 13.0. The first-order chi connectivity index (χ1) is 14.7. The van der Waals surface area contributed by atoms with Gasteiger partial charge in [0.1, 0.15) is 0 Å². The Morgan fingerprint density at radius 1 is 1.23 bits per heavy atom. The van der Waals surface area contributed by atoms with E-state index in [1.807, 2.05) is 0 Å². The minimum absolute atomic E-state index is 0.0167. The summed E-state index contributed by atoms with van der Waals surface area (Å²) in [6, 6.07) is 4.34. The summed E-state index contributed by atoms with van der Waals surface area (Å²) in [5.74, 6) is -0.698. The molecule has 172 valence electrons. The van der Waals surface area contributed by atoms with Gasteiger partial charge in [0.15, 0.2) is 6.10 Å². The van der Waals surface area contributed by atoms with Crippen molar-refractivity contribution in [3.05, 3.63) is 28.2 Å². The molecule has 1 saturated carbocycles. The third kappa shape index (κ3) is 5.85. The highest BCUT2D eigenvalue weighted by atomic mass is 79.9. The van der Waals surface area contributed by atoms with Gasteiger partial charge in [-0.15, -0.1) is 0 Å². The summed E-state index contributed by atoms with van der Waals surface area (Å²) in [5.41, 5.74) is 0.0701. The van der Waals surface area contributed by atoms with E-state index in [0.717, 1.165) is 25.7 Å². The second kappa shape index (κ2) is 10.4. The van der Waals surface area contributed by atoms with Gasteiger partial charge in [0.2, 0.25) is 10.0 Å². The molecule has 1 amide bonds. The summed E-state index contributed by atoms with van der Waals surface area (Å²) in [6.45, 7) is 4.78. The minimum Gasteiger partial charge on any atom is -0.449 e. The van der Waals surface area contributed by atoms with Gasteiger partial charge < -0.3 is 14.8 Å². The lowest BCUT2D eigenvalue weighted by atomic mass is 9.86. The predicted octanol–water partition coefficient (Wildman–Crippen LogP) is 2.71. The summed E-state index contributed by atoms with van der Waals surface area (Å²) in [6.07, 6.45) is 3.24. The Kier molecular flexibility index (Phi) is 8.12. The molecule has 2 aliphatic rings. The molecular weight excluding hydrogens is 488 g/mol. The first-order valence-corrected chi connectivity index (χ1v) is 12.8. The fraction of sp³-hybridized carbons (Fsp3) is 0.619. The van der Waals surface area contributed by atoms with Crippen molar-refractivity contribution in [3.63, 3.8) is 0 Å². The van der Waals surface area contributed by atoms with Crippen molar-refractivity contribution in [2.45, 2.75) is 56.6 Å². The van der Waals surface area contributed by atoms with E-state index in [2.05, 4.69) is 28.2 Å². The zero-order valence-corrected chi connectivity index (χ0v) is 20.2. The van der Waals surface area contributed by atoms with Crippen LogP contribution in [-0.4, -0.2) is 63.0 Å². The van der Waals surface area contributed by atoms with Crippen LogP contribution in [0.15, 0.2) is 27.6 Å². The van der Waals surface area contributed by atoms with Crippen LogP contribution in [0.5, 0.6) is 0 Å². The lowest BCUT2D eigenvalue weighted by Gasteiger charge is -2.30. The number of amides is 1. The Morgan fingerprint density at radius 2 is 1.90 bits per heavy atom. The Hall–Kier alpha value is -1.49. The first kappa shape index (κ1) is 24.2. The molecule has 31 heavy (non-hydrogen) atoms. The summed E-state index contributed by atoms with van der Waals surface area (Å²) in [4.78, 5) is 25.1. The van der Waals surface area contributed by atoms with E-state index in [1.54, 1.807) is 0 Å². The van der Waals surface area contributed by atoms with Gasteiger partial charge in [-0.05, 0) is 59.8 Å². The maximum Gasteiger partial charge on any atom is 0.338 e. The van der Waals surface area contributed by atoms with Gasteiger partial charge in [-0.2, -0.15) is 4.31 Å². The molecule has 0 aromatic heterocycles. The molecule has 0 spiro atoms. The van der Waals surface area contributed by atoms with E-state index in [-0.39, 0.29) is 35.5 Å². The number of rotatable bonds is 6. The quantitative estimate of drug-likeness (QED) is 0.583. The van der Waals surface area contributed by atoms with Crippen molar-refractivity contribution in [2.24, 2.45) is 5.92 Å². The van der Waals surface area contributed by atoms with Gasteiger partial charge in [0.05, 0.1) is 23.7 Å². The molecule has 8 nitrogen and oxygen atoms in total. The molecule has 0 radical (unpaired) electrons. The van der Waals surface area contributed by atoms with E-state index >= 15 is 0 Å². The molecule has 1 aromatic rings. The molecule has 1 aromatic carbocycles. The molecule has 3 rings (SSSR count). The normalized spacial score (nSPS) is 23.7. The van der Waals surface area contributed by atoms with Crippen LogP contribution in [0.4, 0.5) is 0 Å². The SMILES string of the molecule is C[C@H](OC(=O)c1ccc(Br)c(S(=O)(=O)N2CCOCC2)c1)C(=O)N[C@@H]1CCCC[C@@H]1C. The van der Waals surface area contributed by atoms with Crippen LogP contribution in [0.2, 0.25) is 0 Å². The fourth-order valence-corrected chi connectivity index (χ4v) is 6.23. The summed E-state index contributed by atoms with van der Waals surface area (Å²) in [7, 11) is -3.80. The van der Waals surface area contributed by atoms with Crippen molar-refractivity contribution < 1.29 is 27.5 Å². The average Bonchev–Trinajstić information content (AvgIpc) is 2.76. The third-order valence-corrected chi connectivity index (χ3v) is 8.74. The maximum atomic E-state index is 13.0. The third-order valence-electron chi connectivity index (χ3n) is 5.85. The van der Waals surface area contributed by atoms with Gasteiger partial charge in [-0.3, -0.25) is 4.79 Å². The predicted molar refractivity (Wildman–Crippen MR) is 118 cm³/mol. The van der Waals surface area contributed by atoms with Crippen molar-refractivity contribution in [1.82, 2.24) is 9.62 Å². The molecule has 1 aliphatic carbocycles. The van der Waals surface area contributed by atoms with Crippen molar-refractivity contribution in [2.75, 3.05) is 26.3 Å². The fourth-order valence-electron chi connectivity index (χ4n) is 3.87. The van der Waals surface area contributed by atoms with E-state index in [0.29, 0.717) is 23.6 Å². The summed E-state index contributed by atoms with van der Waals surface area (Å²) < 4.78 is 38.2. The first-order valence-electron chi connectivity index (χ1n) is 10.6. The van der Waals surface area contributed by atoms with Crippen LogP contribution in [0.1, 0.15) is 49.9 Å². The topological polar surface area (TPSA) is 102 Å². The monoisotopic (exact) mass is 516 g/mol. The van der Waals surface area contributed by atoms with Crippen LogP contribution in [0.25, 0.3) is 0 Å². The van der Waals surface area contributed by atoms with Crippen molar-refractivity contribution in [1.29, 1.82) is 0 Å². The smallest absolute Gasteiger partial charge is 0.338 e. The average molecular weight is 517 g/mol. The Bertz CT molecular complexity index is 916. The number of nitrogens with one attached hydrogen (secondary N) is 1. The summed E-state index contributed by atoms with van der Waals surface area (Å²) in [5, 5.41) is 2.97. The number of ether oxygens (including phenoxy) is 2. The van der Waals surface area contributed by atoms with Crippen molar-refractivity contribution >= 4 is 37.8 Å². The molecule has 1 N–H and O–H groups in total. The lowest BCUT2D eigenvalue weighted by molar-refractivity contribution is -0.130. The minimum atomic E-state index is -3.80. The number of morpholine rings is 1. The van der Waals surface area contributed by atoms with Gasteiger partial charge in [-0.1, -0.05) is 19.8 Å². The number of carbonyl (C=O) groups is 2. The molecule has 1 saturated heterocycles. The molecule has 3 atom stereocenters. The zero-order chi connectivity index (χ0) is 22.6. The molecule has 1 heterocycles. The van der Waals surface area contributed by atoms with Crippen LogP contribution >= 0.6 is 15.9 Å². The largest absolute Gasteiger partial charge is 0.449 e. The van der Waals surface area contributed by atoms with Crippen LogP contribution in [-0.2, 0) is 24.3 Å². The number of benzene rings is 1. The second-order valence-corrected chi connectivity index (χ2v) is 10.8. The Morgan fingerprint density at radius 3 is 2.58 bits per heavy atom. The highest BCUT2D eigenvalue weighted by Gasteiger charge is 2.30. The van der Waals surface area contributed by atoms with E-state index in [1.165, 1.54) is 29.4 Å². The van der Waals surface area contributed by atoms with E-state index in [9.17, 15) is 18.0 Å². The lowest BCUT2D eigenvalue weighted by Crippen LogP contribution is -2.46. The van der Waals surface area contributed by atoms with Crippen LogP contribution in [0.3, 0.4) is 0 Å². The Balaban J connectivity index is 1.68. The van der Waals surface area contributed by atoms with E-state index < -0.39 is 22.1 Å².